The van der Waals surface area contributed by atoms with Crippen LogP contribution in [-0.2, 0) is 11.2 Å². The minimum absolute atomic E-state index is 0.171. The molecule has 1 heterocycles. The van der Waals surface area contributed by atoms with E-state index in [9.17, 15) is 4.79 Å². The van der Waals surface area contributed by atoms with Crippen molar-refractivity contribution in [2.24, 2.45) is 0 Å². The van der Waals surface area contributed by atoms with Crippen LogP contribution in [0.2, 0.25) is 0 Å². The van der Waals surface area contributed by atoms with E-state index in [0.717, 1.165) is 23.0 Å². The topological polar surface area (TPSA) is 29.1 Å². The number of carbonyl (C=O) groups excluding carboxylic acids is 1. The van der Waals surface area contributed by atoms with Gasteiger partial charge < -0.3 is 5.32 Å². The number of aryl methyl sites for hydroxylation is 1. The number of halogens is 1. The van der Waals surface area contributed by atoms with E-state index >= 15 is 0 Å². The van der Waals surface area contributed by atoms with E-state index in [1.54, 1.807) is 11.3 Å². The molecule has 0 aliphatic rings. The predicted molar refractivity (Wildman–Crippen MR) is 72.9 cm³/mol. The summed E-state index contributed by atoms with van der Waals surface area (Å²) in [6.45, 7) is 4.11. The van der Waals surface area contributed by atoms with Crippen LogP contribution in [-0.4, -0.2) is 11.9 Å². The maximum Gasteiger partial charge on any atom is 0.220 e. The monoisotopic (exact) mass is 303 g/mol. The van der Waals surface area contributed by atoms with Crippen molar-refractivity contribution in [1.82, 2.24) is 5.32 Å². The van der Waals surface area contributed by atoms with Crippen LogP contribution in [0.3, 0.4) is 0 Å². The van der Waals surface area contributed by atoms with Crippen LogP contribution in [0.4, 0.5) is 0 Å². The largest absolute Gasteiger partial charge is 0.354 e. The second-order valence-corrected chi connectivity index (χ2v) is 6.48. The van der Waals surface area contributed by atoms with Crippen molar-refractivity contribution in [3.63, 3.8) is 0 Å². The zero-order valence-corrected chi connectivity index (χ0v) is 12.2. The summed E-state index contributed by atoms with van der Waals surface area (Å²) in [7, 11) is 0. The van der Waals surface area contributed by atoms with Gasteiger partial charge in [-0.2, -0.15) is 0 Å². The lowest BCUT2D eigenvalue weighted by atomic mass is 10.2. The Bertz CT molecular complexity index is 338. The van der Waals surface area contributed by atoms with Crippen molar-refractivity contribution in [3.05, 3.63) is 20.8 Å². The molecule has 1 aromatic rings. The average Bonchev–Trinajstić information content (AvgIpc) is 2.64. The van der Waals surface area contributed by atoms with Gasteiger partial charge in [0, 0.05) is 17.3 Å². The molecule has 0 bridgehead atoms. The van der Waals surface area contributed by atoms with Crippen molar-refractivity contribution in [1.29, 1.82) is 0 Å². The van der Waals surface area contributed by atoms with E-state index < -0.39 is 0 Å². The van der Waals surface area contributed by atoms with Gasteiger partial charge in [0.1, 0.15) is 0 Å². The molecule has 1 atom stereocenters. The normalized spacial score (nSPS) is 12.4. The Morgan fingerprint density at radius 3 is 2.88 bits per heavy atom. The molecule has 1 rings (SSSR count). The third-order valence-electron chi connectivity index (χ3n) is 2.48. The van der Waals surface area contributed by atoms with Gasteiger partial charge in [0.2, 0.25) is 5.91 Å². The zero-order valence-electron chi connectivity index (χ0n) is 9.75. The maximum atomic E-state index is 11.5. The van der Waals surface area contributed by atoms with Gasteiger partial charge in [-0.15, -0.1) is 11.3 Å². The van der Waals surface area contributed by atoms with Gasteiger partial charge in [-0.1, -0.05) is 6.92 Å². The highest BCUT2D eigenvalue weighted by atomic mass is 79.9. The smallest absolute Gasteiger partial charge is 0.220 e. The molecule has 2 nitrogen and oxygen atoms in total. The molecule has 0 aliphatic heterocycles. The molecular formula is C12H18BrNOS. The van der Waals surface area contributed by atoms with Crippen LogP contribution in [0.5, 0.6) is 0 Å². The third-order valence-corrected chi connectivity index (χ3v) is 4.16. The number of carbonyl (C=O) groups is 1. The first kappa shape index (κ1) is 13.7. The van der Waals surface area contributed by atoms with Gasteiger partial charge in [0.15, 0.2) is 0 Å². The van der Waals surface area contributed by atoms with Gasteiger partial charge in [-0.05, 0) is 54.2 Å². The summed E-state index contributed by atoms with van der Waals surface area (Å²) >= 11 is 5.18. The van der Waals surface area contributed by atoms with Crippen LogP contribution < -0.4 is 5.32 Å². The summed E-state index contributed by atoms with van der Waals surface area (Å²) < 4.78 is 1.16. The summed E-state index contributed by atoms with van der Waals surface area (Å²) in [6.07, 6.45) is 3.53. The van der Waals surface area contributed by atoms with E-state index in [1.165, 1.54) is 4.88 Å². The molecule has 0 spiro atoms. The molecular weight excluding hydrogens is 286 g/mol. The molecule has 90 valence electrons. The molecule has 16 heavy (non-hydrogen) atoms. The lowest BCUT2D eigenvalue weighted by Crippen LogP contribution is -2.31. The Balaban J connectivity index is 2.18. The number of hydrogen-bond acceptors (Lipinski definition) is 2. The molecule has 4 heteroatoms. The first-order valence-corrected chi connectivity index (χ1v) is 7.26. The van der Waals surface area contributed by atoms with Crippen molar-refractivity contribution in [2.75, 3.05) is 0 Å². The molecule has 0 aliphatic carbocycles. The molecule has 1 N–H and O–H groups in total. The molecule has 0 radical (unpaired) electrons. The fraction of sp³-hybridized carbons (Fsp3) is 0.583. The van der Waals surface area contributed by atoms with E-state index in [0.29, 0.717) is 12.5 Å². The number of rotatable bonds is 6. The van der Waals surface area contributed by atoms with Crippen LogP contribution in [0.15, 0.2) is 15.9 Å². The molecule has 0 fully saturated rings. The second-order valence-electron chi connectivity index (χ2n) is 3.94. The predicted octanol–water partition coefficient (Wildman–Crippen LogP) is 3.75. The number of hydrogen-bond donors (Lipinski definition) is 1. The Morgan fingerprint density at radius 2 is 2.31 bits per heavy atom. The zero-order chi connectivity index (χ0) is 12.0. The Labute approximate surface area is 110 Å². The minimum Gasteiger partial charge on any atom is -0.354 e. The summed E-state index contributed by atoms with van der Waals surface area (Å²) in [5.41, 5.74) is 0. The van der Waals surface area contributed by atoms with Crippen LogP contribution in [0.1, 0.15) is 38.0 Å². The van der Waals surface area contributed by atoms with Crippen LogP contribution in [0.25, 0.3) is 0 Å². The third kappa shape index (κ3) is 5.12. The fourth-order valence-electron chi connectivity index (χ4n) is 1.36. The molecule has 0 saturated heterocycles. The summed E-state index contributed by atoms with van der Waals surface area (Å²) in [5.74, 6) is 0.171. The number of nitrogens with one attached hydrogen (secondary N) is 1. The van der Waals surface area contributed by atoms with Crippen LogP contribution in [0, 0.1) is 0 Å². The summed E-state index contributed by atoms with van der Waals surface area (Å²) in [5, 5.41) is 2.98. The first-order valence-electron chi connectivity index (χ1n) is 5.65. The van der Waals surface area contributed by atoms with Crippen molar-refractivity contribution in [3.8, 4) is 0 Å². The lowest BCUT2D eigenvalue weighted by molar-refractivity contribution is -0.121. The van der Waals surface area contributed by atoms with E-state index in [2.05, 4.69) is 40.3 Å². The van der Waals surface area contributed by atoms with Gasteiger partial charge >= 0.3 is 0 Å². The molecule has 1 aromatic heterocycles. The summed E-state index contributed by atoms with van der Waals surface area (Å²) in [4.78, 5) is 12.8. The van der Waals surface area contributed by atoms with Gasteiger partial charge in [0.05, 0.1) is 3.79 Å². The highest BCUT2D eigenvalue weighted by Crippen LogP contribution is 2.23. The molecule has 1 amide bonds. The van der Waals surface area contributed by atoms with Gasteiger partial charge in [-0.25, -0.2) is 0 Å². The highest BCUT2D eigenvalue weighted by molar-refractivity contribution is 9.11. The van der Waals surface area contributed by atoms with Gasteiger partial charge in [0.25, 0.3) is 0 Å². The molecule has 0 aromatic carbocycles. The average molecular weight is 304 g/mol. The number of amides is 1. The maximum absolute atomic E-state index is 11.5. The van der Waals surface area contributed by atoms with E-state index in [-0.39, 0.29) is 5.91 Å². The molecule has 1 unspecified atom stereocenters. The second kappa shape index (κ2) is 7.07. The standard InChI is InChI=1S/C12H18BrNOS/c1-3-9(2)14-12(15)6-4-5-10-7-8-11(13)16-10/h7-9H,3-6H2,1-2H3,(H,14,15). The summed E-state index contributed by atoms with van der Waals surface area (Å²) in [6, 6.07) is 4.46. The number of thiophene rings is 1. The Hall–Kier alpha value is -0.350. The van der Waals surface area contributed by atoms with E-state index in [1.807, 2.05) is 6.92 Å². The minimum atomic E-state index is 0.171. The van der Waals surface area contributed by atoms with E-state index in [4.69, 9.17) is 0 Å². The highest BCUT2D eigenvalue weighted by Gasteiger charge is 2.05. The fourth-order valence-corrected chi connectivity index (χ4v) is 2.88. The van der Waals surface area contributed by atoms with Crippen LogP contribution >= 0.6 is 27.3 Å². The quantitative estimate of drug-likeness (QED) is 0.852. The Kier molecular flexibility index (Phi) is 6.06. The van der Waals surface area contributed by atoms with Gasteiger partial charge in [-0.3, -0.25) is 4.79 Å². The van der Waals surface area contributed by atoms with Crippen molar-refractivity contribution < 1.29 is 4.79 Å². The van der Waals surface area contributed by atoms with Crippen molar-refractivity contribution >= 4 is 33.2 Å². The Morgan fingerprint density at radius 1 is 1.56 bits per heavy atom. The van der Waals surface area contributed by atoms with Crippen molar-refractivity contribution in [2.45, 2.75) is 45.6 Å². The first-order chi connectivity index (χ1) is 7.61. The lowest BCUT2D eigenvalue weighted by Gasteiger charge is -2.10. The molecule has 0 saturated carbocycles. The SMILES string of the molecule is CCC(C)NC(=O)CCCc1ccc(Br)s1.